The molecule has 194 valence electrons. The molecule has 0 aliphatic carbocycles. The maximum atomic E-state index is 13.0. The molecule has 1 N–H and O–H groups in total. The Labute approximate surface area is 218 Å². The molecule has 2 saturated heterocycles. The SMILES string of the molecule is CCOc1cc(/C=C2/SC(=O)N(CC(=O)Nc3ccccc3N3CCOCC3)C2=O)ccc1OC(C)=O. The maximum Gasteiger partial charge on any atom is 0.308 e. The van der Waals surface area contributed by atoms with Gasteiger partial charge >= 0.3 is 5.97 Å². The summed E-state index contributed by atoms with van der Waals surface area (Å²) in [6.45, 7) is 5.62. The monoisotopic (exact) mass is 525 g/mol. The number of hydrogen-bond donors (Lipinski definition) is 1. The van der Waals surface area contributed by atoms with Gasteiger partial charge in [-0.1, -0.05) is 18.2 Å². The number of ether oxygens (including phenoxy) is 3. The standard InChI is InChI=1S/C26H27N3O7S/c1-3-35-22-14-18(8-9-21(22)36-17(2)30)15-23-25(32)29(26(33)37-23)16-24(31)27-19-6-4-5-7-20(19)28-10-12-34-13-11-28/h4-9,14-15H,3,10-13,16H2,1-2H3,(H,27,31)/b23-15+. The number of anilines is 2. The Kier molecular flexibility index (Phi) is 8.47. The average molecular weight is 526 g/mol. The fraction of sp³-hybridized carbons (Fsp3) is 0.308. The topological polar surface area (TPSA) is 114 Å². The van der Waals surface area contributed by atoms with Crippen molar-refractivity contribution in [1.29, 1.82) is 0 Å². The molecular formula is C26H27N3O7S. The predicted molar refractivity (Wildman–Crippen MR) is 140 cm³/mol. The molecule has 10 nitrogen and oxygen atoms in total. The van der Waals surface area contributed by atoms with Crippen LogP contribution in [0.2, 0.25) is 0 Å². The fourth-order valence-corrected chi connectivity index (χ4v) is 4.74. The first-order chi connectivity index (χ1) is 17.9. The third kappa shape index (κ3) is 6.49. The zero-order valence-corrected chi connectivity index (χ0v) is 21.3. The van der Waals surface area contributed by atoms with Crippen LogP contribution in [0, 0.1) is 0 Å². The molecule has 11 heteroatoms. The van der Waals surface area contributed by atoms with Crippen LogP contribution in [-0.4, -0.2) is 67.4 Å². The molecule has 2 aromatic rings. The van der Waals surface area contributed by atoms with Gasteiger partial charge in [-0.25, -0.2) is 0 Å². The van der Waals surface area contributed by atoms with Crippen LogP contribution in [0.3, 0.4) is 0 Å². The minimum atomic E-state index is -0.561. The van der Waals surface area contributed by atoms with E-state index in [0.29, 0.717) is 49.9 Å². The number of hydrogen-bond acceptors (Lipinski definition) is 9. The van der Waals surface area contributed by atoms with E-state index >= 15 is 0 Å². The lowest BCUT2D eigenvalue weighted by molar-refractivity contribution is -0.132. The number of nitrogens with zero attached hydrogens (tertiary/aromatic N) is 2. The minimum Gasteiger partial charge on any atom is -0.490 e. The van der Waals surface area contributed by atoms with Crippen LogP contribution in [0.25, 0.3) is 6.08 Å². The van der Waals surface area contributed by atoms with Gasteiger partial charge in [0, 0.05) is 20.0 Å². The van der Waals surface area contributed by atoms with Crippen LogP contribution in [0.15, 0.2) is 47.4 Å². The molecule has 0 aromatic heterocycles. The summed E-state index contributed by atoms with van der Waals surface area (Å²) in [5.74, 6) is -0.930. The second-order valence-corrected chi connectivity index (χ2v) is 9.16. The fourth-order valence-electron chi connectivity index (χ4n) is 3.90. The number of para-hydroxylation sites is 2. The van der Waals surface area contributed by atoms with Gasteiger partial charge in [0.1, 0.15) is 6.54 Å². The van der Waals surface area contributed by atoms with Gasteiger partial charge in [0.05, 0.1) is 36.1 Å². The number of morpholine rings is 1. The molecule has 0 spiro atoms. The van der Waals surface area contributed by atoms with Gasteiger partial charge in [-0.05, 0) is 54.6 Å². The summed E-state index contributed by atoms with van der Waals surface area (Å²) in [6.07, 6.45) is 1.54. The van der Waals surface area contributed by atoms with Crippen molar-refractivity contribution >= 4 is 52.2 Å². The summed E-state index contributed by atoms with van der Waals surface area (Å²) in [6, 6.07) is 12.2. The number of nitrogens with one attached hydrogen (secondary N) is 1. The Balaban J connectivity index is 1.45. The highest BCUT2D eigenvalue weighted by molar-refractivity contribution is 8.18. The Morgan fingerprint density at radius 2 is 1.86 bits per heavy atom. The van der Waals surface area contributed by atoms with Crippen LogP contribution >= 0.6 is 11.8 Å². The van der Waals surface area contributed by atoms with Crippen LogP contribution < -0.4 is 19.7 Å². The van der Waals surface area contributed by atoms with Crippen LogP contribution in [0.4, 0.5) is 16.2 Å². The van der Waals surface area contributed by atoms with E-state index in [1.807, 2.05) is 18.2 Å². The summed E-state index contributed by atoms with van der Waals surface area (Å²) in [4.78, 5) is 52.9. The number of thioether (sulfide) groups is 1. The van der Waals surface area contributed by atoms with Gasteiger partial charge in [0.15, 0.2) is 11.5 Å². The van der Waals surface area contributed by atoms with E-state index in [1.54, 1.807) is 31.2 Å². The molecule has 4 rings (SSSR count). The summed E-state index contributed by atoms with van der Waals surface area (Å²) in [7, 11) is 0. The lowest BCUT2D eigenvalue weighted by Crippen LogP contribution is -2.38. The van der Waals surface area contributed by atoms with Crippen molar-refractivity contribution in [3.05, 3.63) is 52.9 Å². The van der Waals surface area contributed by atoms with E-state index in [1.165, 1.54) is 13.0 Å². The molecule has 0 atom stereocenters. The quantitative estimate of drug-likeness (QED) is 0.314. The molecule has 2 heterocycles. The van der Waals surface area contributed by atoms with Crippen LogP contribution in [0.5, 0.6) is 11.5 Å². The van der Waals surface area contributed by atoms with E-state index in [-0.39, 0.29) is 10.7 Å². The zero-order chi connectivity index (χ0) is 26.4. The zero-order valence-electron chi connectivity index (χ0n) is 20.5. The molecule has 0 saturated carbocycles. The number of rotatable bonds is 8. The second-order valence-electron chi connectivity index (χ2n) is 8.17. The van der Waals surface area contributed by atoms with Gasteiger partial charge in [-0.15, -0.1) is 0 Å². The summed E-state index contributed by atoms with van der Waals surface area (Å²) < 4.78 is 16.1. The second kappa shape index (κ2) is 11.9. The minimum absolute atomic E-state index is 0.175. The predicted octanol–water partition coefficient (Wildman–Crippen LogP) is 3.52. The van der Waals surface area contributed by atoms with Crippen molar-refractivity contribution in [3.63, 3.8) is 0 Å². The number of esters is 1. The molecule has 2 aromatic carbocycles. The number of carbonyl (C=O) groups excluding carboxylic acids is 4. The smallest absolute Gasteiger partial charge is 0.308 e. The van der Waals surface area contributed by atoms with Crippen LogP contribution in [0.1, 0.15) is 19.4 Å². The number of imide groups is 1. The summed E-state index contributed by atoms with van der Waals surface area (Å²) >= 11 is 0.755. The molecule has 3 amide bonds. The lowest BCUT2D eigenvalue weighted by atomic mass is 10.2. The average Bonchev–Trinajstić information content (AvgIpc) is 3.13. The molecule has 0 bridgehead atoms. The molecular weight excluding hydrogens is 498 g/mol. The van der Waals surface area contributed by atoms with E-state index < -0.39 is 29.6 Å². The third-order valence-corrected chi connectivity index (χ3v) is 6.43. The van der Waals surface area contributed by atoms with Gasteiger partial charge in [0.2, 0.25) is 5.91 Å². The van der Waals surface area contributed by atoms with E-state index in [9.17, 15) is 19.2 Å². The van der Waals surface area contributed by atoms with E-state index in [4.69, 9.17) is 14.2 Å². The number of amides is 3. The van der Waals surface area contributed by atoms with Crippen molar-refractivity contribution in [2.75, 3.05) is 49.7 Å². The number of carbonyl (C=O) groups is 4. The highest BCUT2D eigenvalue weighted by Gasteiger charge is 2.36. The molecule has 37 heavy (non-hydrogen) atoms. The van der Waals surface area contributed by atoms with E-state index in [0.717, 1.165) is 22.3 Å². The summed E-state index contributed by atoms with van der Waals surface area (Å²) in [5.41, 5.74) is 2.04. The molecule has 2 aliphatic rings. The van der Waals surface area contributed by atoms with Crippen molar-refractivity contribution < 1.29 is 33.4 Å². The Morgan fingerprint density at radius 3 is 2.59 bits per heavy atom. The first-order valence-electron chi connectivity index (χ1n) is 11.8. The van der Waals surface area contributed by atoms with Crippen molar-refractivity contribution in [1.82, 2.24) is 4.90 Å². The number of benzene rings is 2. The van der Waals surface area contributed by atoms with Gasteiger partial charge < -0.3 is 24.4 Å². The first kappa shape index (κ1) is 26.2. The lowest BCUT2D eigenvalue weighted by Gasteiger charge is -2.30. The largest absolute Gasteiger partial charge is 0.490 e. The van der Waals surface area contributed by atoms with E-state index in [2.05, 4.69) is 10.2 Å². The Hall–Kier alpha value is -3.83. The first-order valence-corrected chi connectivity index (χ1v) is 12.6. The highest BCUT2D eigenvalue weighted by Crippen LogP contribution is 2.35. The highest BCUT2D eigenvalue weighted by atomic mass is 32.2. The Bertz CT molecular complexity index is 1240. The summed E-state index contributed by atoms with van der Waals surface area (Å²) in [5, 5.41) is 2.30. The van der Waals surface area contributed by atoms with Crippen LogP contribution in [-0.2, 0) is 19.1 Å². The van der Waals surface area contributed by atoms with Gasteiger partial charge in [-0.3, -0.25) is 24.1 Å². The van der Waals surface area contributed by atoms with Gasteiger partial charge in [0.25, 0.3) is 11.1 Å². The molecule has 2 fully saturated rings. The third-order valence-electron chi connectivity index (χ3n) is 5.52. The molecule has 0 radical (unpaired) electrons. The maximum absolute atomic E-state index is 13.0. The molecule has 0 unspecified atom stereocenters. The normalized spacial score (nSPS) is 16.8. The van der Waals surface area contributed by atoms with Crippen molar-refractivity contribution in [3.8, 4) is 11.5 Å². The van der Waals surface area contributed by atoms with Crippen molar-refractivity contribution in [2.24, 2.45) is 0 Å². The van der Waals surface area contributed by atoms with Gasteiger partial charge in [-0.2, -0.15) is 0 Å². The Morgan fingerprint density at radius 1 is 1.11 bits per heavy atom. The van der Waals surface area contributed by atoms with Crippen molar-refractivity contribution in [2.45, 2.75) is 13.8 Å². The molecule has 2 aliphatic heterocycles.